The van der Waals surface area contributed by atoms with Gasteiger partial charge in [-0.2, -0.15) is 0 Å². The fourth-order valence-electron chi connectivity index (χ4n) is 3.61. The molecular weight excluding hydrogens is 314 g/mol. The van der Waals surface area contributed by atoms with Crippen LogP contribution in [0.1, 0.15) is 52.4 Å². The maximum Gasteiger partial charge on any atom is 0.222 e. The van der Waals surface area contributed by atoms with Crippen LogP contribution < -0.4 is 10.2 Å². The van der Waals surface area contributed by atoms with Crippen LogP contribution in [0, 0.1) is 5.92 Å². The SMILES string of the molecule is CCN(CC)C(=O)CC[C@H]1CCCN(c2cc(NC3CC3)ncn2)C1. The van der Waals surface area contributed by atoms with Crippen molar-refractivity contribution in [1.82, 2.24) is 14.9 Å². The van der Waals surface area contributed by atoms with Crippen LogP contribution in [0.2, 0.25) is 0 Å². The van der Waals surface area contributed by atoms with E-state index in [1.807, 2.05) is 18.7 Å². The van der Waals surface area contributed by atoms with Gasteiger partial charge >= 0.3 is 0 Å². The molecule has 0 unspecified atom stereocenters. The van der Waals surface area contributed by atoms with Gasteiger partial charge in [0.25, 0.3) is 0 Å². The van der Waals surface area contributed by atoms with E-state index >= 15 is 0 Å². The van der Waals surface area contributed by atoms with Gasteiger partial charge in [-0.3, -0.25) is 4.79 Å². The summed E-state index contributed by atoms with van der Waals surface area (Å²) in [7, 11) is 0. The van der Waals surface area contributed by atoms with Crippen LogP contribution in [-0.2, 0) is 4.79 Å². The highest BCUT2D eigenvalue weighted by Crippen LogP contribution is 2.28. The van der Waals surface area contributed by atoms with Crippen LogP contribution in [0.25, 0.3) is 0 Å². The Morgan fingerprint density at radius 2 is 2.08 bits per heavy atom. The Bertz CT molecular complexity index is 571. The van der Waals surface area contributed by atoms with Gasteiger partial charge in [-0.05, 0) is 51.9 Å². The lowest BCUT2D eigenvalue weighted by Gasteiger charge is -2.34. The van der Waals surface area contributed by atoms with E-state index in [2.05, 4.69) is 26.3 Å². The third kappa shape index (κ3) is 5.06. The lowest BCUT2D eigenvalue weighted by atomic mass is 9.93. The number of piperidine rings is 1. The largest absolute Gasteiger partial charge is 0.367 e. The molecule has 0 bridgehead atoms. The van der Waals surface area contributed by atoms with Gasteiger partial charge in [-0.1, -0.05) is 0 Å². The lowest BCUT2D eigenvalue weighted by molar-refractivity contribution is -0.131. The molecule has 1 saturated carbocycles. The first kappa shape index (κ1) is 18.0. The molecule has 1 N–H and O–H groups in total. The summed E-state index contributed by atoms with van der Waals surface area (Å²) >= 11 is 0. The highest BCUT2D eigenvalue weighted by molar-refractivity contribution is 5.76. The molecule has 1 aliphatic carbocycles. The first-order chi connectivity index (χ1) is 12.2. The minimum absolute atomic E-state index is 0.292. The van der Waals surface area contributed by atoms with E-state index in [0.29, 0.717) is 24.3 Å². The van der Waals surface area contributed by atoms with Crippen molar-refractivity contribution in [3.05, 3.63) is 12.4 Å². The van der Waals surface area contributed by atoms with Crippen LogP contribution in [0.4, 0.5) is 11.6 Å². The maximum absolute atomic E-state index is 12.2. The van der Waals surface area contributed by atoms with Crippen LogP contribution in [-0.4, -0.2) is 53.0 Å². The second-order valence-electron chi connectivity index (χ2n) is 7.24. The average molecular weight is 345 g/mol. The first-order valence-corrected chi connectivity index (χ1v) is 9.80. The van der Waals surface area contributed by atoms with E-state index in [-0.39, 0.29) is 0 Å². The molecule has 2 fully saturated rings. The van der Waals surface area contributed by atoms with E-state index in [1.54, 1.807) is 6.33 Å². The standard InChI is InChI=1S/C19H31N5O/c1-3-23(4-2)19(25)10-7-15-6-5-11-24(13-15)18-12-17(20-14-21-18)22-16-8-9-16/h12,14-16H,3-11,13H2,1-2H3,(H,20,21,22)/t15-/m1/s1. The Morgan fingerprint density at radius 1 is 1.28 bits per heavy atom. The van der Waals surface area contributed by atoms with Crippen molar-refractivity contribution < 1.29 is 4.79 Å². The molecule has 6 nitrogen and oxygen atoms in total. The molecule has 2 aliphatic rings. The minimum Gasteiger partial charge on any atom is -0.367 e. The second kappa shape index (κ2) is 8.50. The molecule has 1 saturated heterocycles. The molecule has 0 radical (unpaired) electrons. The predicted molar refractivity (Wildman–Crippen MR) is 101 cm³/mol. The summed E-state index contributed by atoms with van der Waals surface area (Å²) in [5.74, 6) is 2.81. The van der Waals surface area contributed by atoms with Crippen LogP contribution in [0.5, 0.6) is 0 Å². The third-order valence-electron chi connectivity index (χ3n) is 5.31. The number of hydrogen-bond donors (Lipinski definition) is 1. The highest BCUT2D eigenvalue weighted by atomic mass is 16.2. The van der Waals surface area contributed by atoms with Gasteiger partial charge in [0, 0.05) is 44.7 Å². The number of anilines is 2. The number of aromatic nitrogens is 2. The Labute approximate surface area is 151 Å². The van der Waals surface area contributed by atoms with Gasteiger partial charge in [0.15, 0.2) is 0 Å². The van der Waals surface area contributed by atoms with E-state index in [1.165, 1.54) is 25.7 Å². The first-order valence-electron chi connectivity index (χ1n) is 9.80. The molecule has 1 atom stereocenters. The van der Waals surface area contributed by atoms with Gasteiger partial charge < -0.3 is 15.1 Å². The van der Waals surface area contributed by atoms with Crippen molar-refractivity contribution in [2.45, 2.75) is 58.4 Å². The Hall–Kier alpha value is -1.85. The topological polar surface area (TPSA) is 61.4 Å². The summed E-state index contributed by atoms with van der Waals surface area (Å²) in [4.78, 5) is 25.3. The summed E-state index contributed by atoms with van der Waals surface area (Å²) in [5, 5.41) is 3.44. The molecule has 0 aromatic carbocycles. The molecule has 2 heterocycles. The smallest absolute Gasteiger partial charge is 0.222 e. The molecule has 138 valence electrons. The van der Waals surface area contributed by atoms with Gasteiger partial charge in [-0.15, -0.1) is 0 Å². The quantitative estimate of drug-likeness (QED) is 0.785. The molecule has 3 rings (SSSR count). The molecule has 6 heteroatoms. The minimum atomic E-state index is 0.292. The predicted octanol–water partition coefficient (Wildman–Crippen LogP) is 2.92. The lowest BCUT2D eigenvalue weighted by Crippen LogP contribution is -2.37. The summed E-state index contributed by atoms with van der Waals surface area (Å²) < 4.78 is 0. The van der Waals surface area contributed by atoms with Crippen LogP contribution in [0.15, 0.2) is 12.4 Å². The van der Waals surface area contributed by atoms with Gasteiger partial charge in [0.2, 0.25) is 5.91 Å². The third-order valence-corrected chi connectivity index (χ3v) is 5.31. The van der Waals surface area contributed by atoms with Crippen molar-refractivity contribution in [2.24, 2.45) is 5.92 Å². The summed E-state index contributed by atoms with van der Waals surface area (Å²) in [6.07, 6.45) is 8.16. The van der Waals surface area contributed by atoms with Gasteiger partial charge in [0.1, 0.15) is 18.0 Å². The van der Waals surface area contributed by atoms with E-state index in [0.717, 1.165) is 44.2 Å². The zero-order chi connectivity index (χ0) is 17.6. The molecule has 1 aliphatic heterocycles. The number of carbonyl (C=O) groups excluding carboxylic acids is 1. The summed E-state index contributed by atoms with van der Waals surface area (Å²) in [6.45, 7) is 7.75. The fourth-order valence-corrected chi connectivity index (χ4v) is 3.61. The number of nitrogens with one attached hydrogen (secondary N) is 1. The van der Waals surface area contributed by atoms with E-state index in [4.69, 9.17) is 0 Å². The molecule has 0 spiro atoms. The summed E-state index contributed by atoms with van der Waals surface area (Å²) in [6, 6.07) is 2.67. The Morgan fingerprint density at radius 3 is 2.80 bits per heavy atom. The number of nitrogens with zero attached hydrogens (tertiary/aromatic N) is 4. The van der Waals surface area contributed by atoms with Crippen molar-refractivity contribution in [3.63, 3.8) is 0 Å². The van der Waals surface area contributed by atoms with Crippen molar-refractivity contribution in [1.29, 1.82) is 0 Å². The summed E-state index contributed by atoms with van der Waals surface area (Å²) in [5.41, 5.74) is 0. The monoisotopic (exact) mass is 345 g/mol. The molecule has 1 aromatic heterocycles. The highest BCUT2D eigenvalue weighted by Gasteiger charge is 2.24. The zero-order valence-electron chi connectivity index (χ0n) is 15.6. The van der Waals surface area contributed by atoms with Crippen molar-refractivity contribution >= 4 is 17.5 Å². The molecule has 1 amide bonds. The molecule has 25 heavy (non-hydrogen) atoms. The van der Waals surface area contributed by atoms with Crippen molar-refractivity contribution in [3.8, 4) is 0 Å². The number of carbonyl (C=O) groups is 1. The normalized spacial score (nSPS) is 20.4. The van der Waals surface area contributed by atoms with Crippen molar-refractivity contribution in [2.75, 3.05) is 36.4 Å². The van der Waals surface area contributed by atoms with Gasteiger partial charge in [-0.25, -0.2) is 9.97 Å². The van der Waals surface area contributed by atoms with E-state index in [9.17, 15) is 4.79 Å². The Balaban J connectivity index is 1.53. The Kier molecular flexibility index (Phi) is 6.10. The molecule has 1 aromatic rings. The van der Waals surface area contributed by atoms with Crippen LogP contribution in [0.3, 0.4) is 0 Å². The number of amides is 1. The second-order valence-corrected chi connectivity index (χ2v) is 7.24. The number of rotatable bonds is 8. The fraction of sp³-hybridized carbons (Fsp3) is 0.737. The van der Waals surface area contributed by atoms with Gasteiger partial charge in [0.05, 0.1) is 0 Å². The number of hydrogen-bond acceptors (Lipinski definition) is 5. The molecular formula is C19H31N5O. The van der Waals surface area contributed by atoms with Crippen LogP contribution >= 0.6 is 0 Å². The van der Waals surface area contributed by atoms with E-state index < -0.39 is 0 Å². The zero-order valence-corrected chi connectivity index (χ0v) is 15.6. The average Bonchev–Trinajstić information content (AvgIpc) is 3.45. The maximum atomic E-state index is 12.2.